The Kier molecular flexibility index (Phi) is 5.20. The second-order valence-corrected chi connectivity index (χ2v) is 8.01. The third-order valence-electron chi connectivity index (χ3n) is 5.84. The summed E-state index contributed by atoms with van der Waals surface area (Å²) < 4.78 is 1.97. The number of hydrogen-bond acceptors (Lipinski definition) is 3. The zero-order valence-corrected chi connectivity index (χ0v) is 16.7. The first-order chi connectivity index (χ1) is 13.5. The molecule has 0 unspecified atom stereocenters. The zero-order valence-electron chi connectivity index (χ0n) is 16.7. The number of rotatable bonds is 6. The van der Waals surface area contributed by atoms with E-state index in [2.05, 4.69) is 28.6 Å². The van der Waals surface area contributed by atoms with Crippen LogP contribution in [0.3, 0.4) is 0 Å². The van der Waals surface area contributed by atoms with E-state index in [1.54, 1.807) is 4.90 Å². The molecule has 2 amide bonds. The van der Waals surface area contributed by atoms with Gasteiger partial charge in [-0.2, -0.15) is 5.10 Å². The molecule has 0 radical (unpaired) electrons. The van der Waals surface area contributed by atoms with Crippen LogP contribution >= 0.6 is 0 Å². The molecule has 148 valence electrons. The third kappa shape index (κ3) is 3.81. The van der Waals surface area contributed by atoms with Crippen LogP contribution in [0.1, 0.15) is 41.8 Å². The number of aromatic nitrogens is 2. The minimum atomic E-state index is -0.269. The van der Waals surface area contributed by atoms with Crippen molar-refractivity contribution in [3.63, 3.8) is 0 Å². The molecular weight excluding hydrogens is 352 g/mol. The van der Waals surface area contributed by atoms with Crippen molar-refractivity contribution in [2.75, 3.05) is 18.0 Å². The Morgan fingerprint density at radius 1 is 1.21 bits per heavy atom. The molecule has 1 saturated heterocycles. The van der Waals surface area contributed by atoms with Crippen LogP contribution in [-0.2, 0) is 29.0 Å². The molecule has 1 fully saturated rings. The van der Waals surface area contributed by atoms with E-state index >= 15 is 0 Å². The van der Waals surface area contributed by atoms with E-state index in [1.807, 2.05) is 24.6 Å². The maximum atomic E-state index is 12.5. The van der Waals surface area contributed by atoms with E-state index in [0.717, 1.165) is 42.9 Å². The Labute approximate surface area is 165 Å². The fraction of sp³-hybridized carbons (Fsp3) is 0.500. The molecule has 2 heterocycles. The second-order valence-electron chi connectivity index (χ2n) is 8.01. The van der Waals surface area contributed by atoms with E-state index in [9.17, 15) is 9.59 Å². The van der Waals surface area contributed by atoms with Crippen LogP contribution in [0.25, 0.3) is 0 Å². The standard InChI is InChI=1S/C22H28N4O2/c1-15-11-16(2)26(24-15)10-4-9-23-22(28)19-13-21(27)25(14-19)20-8-7-17-5-3-6-18(17)12-20/h7-8,11-12,19H,3-6,9-10,13-14H2,1-2H3,(H,23,28)/t19-/m1/s1. The Balaban J connectivity index is 1.28. The van der Waals surface area contributed by atoms with Crippen LogP contribution in [0.4, 0.5) is 5.69 Å². The van der Waals surface area contributed by atoms with E-state index in [-0.39, 0.29) is 17.7 Å². The first-order valence-electron chi connectivity index (χ1n) is 10.2. The van der Waals surface area contributed by atoms with Gasteiger partial charge in [0.05, 0.1) is 11.6 Å². The van der Waals surface area contributed by atoms with Gasteiger partial charge >= 0.3 is 0 Å². The number of nitrogens with zero attached hydrogens (tertiary/aromatic N) is 3. The van der Waals surface area contributed by atoms with Crippen LogP contribution < -0.4 is 10.2 Å². The molecule has 6 nitrogen and oxygen atoms in total. The highest BCUT2D eigenvalue weighted by Crippen LogP contribution is 2.30. The third-order valence-corrected chi connectivity index (χ3v) is 5.84. The summed E-state index contributed by atoms with van der Waals surface area (Å²) in [7, 11) is 0. The SMILES string of the molecule is Cc1cc(C)n(CCCNC(=O)[C@@H]2CC(=O)N(c3ccc4c(c3)CCC4)C2)n1. The second kappa shape index (κ2) is 7.78. The summed E-state index contributed by atoms with van der Waals surface area (Å²) in [4.78, 5) is 26.8. The molecule has 6 heteroatoms. The van der Waals surface area contributed by atoms with Gasteiger partial charge in [-0.05, 0) is 68.9 Å². The first kappa shape index (κ1) is 18.7. The van der Waals surface area contributed by atoms with Gasteiger partial charge in [0.2, 0.25) is 11.8 Å². The van der Waals surface area contributed by atoms with E-state index < -0.39 is 0 Å². The van der Waals surface area contributed by atoms with Crippen LogP contribution in [-0.4, -0.2) is 34.7 Å². The van der Waals surface area contributed by atoms with Crippen molar-refractivity contribution < 1.29 is 9.59 Å². The van der Waals surface area contributed by atoms with Gasteiger partial charge in [-0.15, -0.1) is 0 Å². The lowest BCUT2D eigenvalue weighted by Gasteiger charge is -2.18. The van der Waals surface area contributed by atoms with Gasteiger partial charge in [0.25, 0.3) is 0 Å². The number of nitrogens with one attached hydrogen (secondary N) is 1. The molecule has 4 rings (SSSR count). The molecule has 2 aliphatic rings. The normalized spacial score (nSPS) is 18.6. The maximum Gasteiger partial charge on any atom is 0.227 e. The Hall–Kier alpha value is -2.63. The highest BCUT2D eigenvalue weighted by molar-refractivity contribution is 6.00. The minimum Gasteiger partial charge on any atom is -0.356 e. The molecule has 1 N–H and O–H groups in total. The summed E-state index contributed by atoms with van der Waals surface area (Å²) in [5.74, 6) is -0.249. The molecule has 0 saturated carbocycles. The molecule has 0 spiro atoms. The van der Waals surface area contributed by atoms with Crippen LogP contribution in [0.2, 0.25) is 0 Å². The molecule has 1 aromatic carbocycles. The van der Waals surface area contributed by atoms with Crippen molar-refractivity contribution in [1.82, 2.24) is 15.1 Å². The van der Waals surface area contributed by atoms with E-state index in [0.29, 0.717) is 19.5 Å². The summed E-state index contributed by atoms with van der Waals surface area (Å²) >= 11 is 0. The molecular formula is C22H28N4O2. The van der Waals surface area contributed by atoms with Gasteiger partial charge in [0.1, 0.15) is 0 Å². The molecule has 28 heavy (non-hydrogen) atoms. The van der Waals surface area contributed by atoms with Crippen LogP contribution in [0.15, 0.2) is 24.3 Å². The average molecular weight is 380 g/mol. The summed E-state index contributed by atoms with van der Waals surface area (Å²) in [6, 6.07) is 8.35. The van der Waals surface area contributed by atoms with Gasteiger partial charge in [-0.1, -0.05) is 6.07 Å². The smallest absolute Gasteiger partial charge is 0.227 e. The number of carbonyl (C=O) groups is 2. The Morgan fingerprint density at radius 3 is 2.82 bits per heavy atom. The molecule has 1 aliphatic heterocycles. The molecule has 0 bridgehead atoms. The lowest BCUT2D eigenvalue weighted by molar-refractivity contribution is -0.126. The lowest BCUT2D eigenvalue weighted by atomic mass is 10.1. The fourth-order valence-corrected chi connectivity index (χ4v) is 4.34. The Bertz CT molecular complexity index is 902. The molecule has 1 aromatic heterocycles. The van der Waals surface area contributed by atoms with Crippen LogP contribution in [0, 0.1) is 19.8 Å². The minimum absolute atomic E-state index is 0.0228. The molecule has 2 aromatic rings. The van der Waals surface area contributed by atoms with Gasteiger partial charge in [0.15, 0.2) is 0 Å². The molecule has 1 atom stereocenters. The predicted molar refractivity (Wildman–Crippen MR) is 108 cm³/mol. The number of aryl methyl sites for hydroxylation is 5. The first-order valence-corrected chi connectivity index (χ1v) is 10.2. The maximum absolute atomic E-state index is 12.5. The van der Waals surface area contributed by atoms with Crippen molar-refractivity contribution >= 4 is 17.5 Å². The number of amides is 2. The van der Waals surface area contributed by atoms with Crippen molar-refractivity contribution in [2.24, 2.45) is 5.92 Å². The van der Waals surface area contributed by atoms with Crippen molar-refractivity contribution in [3.8, 4) is 0 Å². The number of fused-ring (bicyclic) bond motifs is 1. The topological polar surface area (TPSA) is 67.2 Å². The van der Waals surface area contributed by atoms with Crippen LogP contribution in [0.5, 0.6) is 0 Å². The largest absolute Gasteiger partial charge is 0.356 e. The van der Waals surface area contributed by atoms with Gasteiger partial charge < -0.3 is 10.2 Å². The average Bonchev–Trinajstić information content (AvgIpc) is 3.36. The van der Waals surface area contributed by atoms with Gasteiger partial charge in [-0.3, -0.25) is 14.3 Å². The number of anilines is 1. The fourth-order valence-electron chi connectivity index (χ4n) is 4.34. The van der Waals surface area contributed by atoms with Gasteiger partial charge in [0, 0.05) is 37.4 Å². The highest BCUT2D eigenvalue weighted by Gasteiger charge is 2.35. The summed E-state index contributed by atoms with van der Waals surface area (Å²) in [6.45, 7) is 5.87. The number of hydrogen-bond donors (Lipinski definition) is 1. The monoisotopic (exact) mass is 380 g/mol. The highest BCUT2D eigenvalue weighted by atomic mass is 16.2. The summed E-state index contributed by atoms with van der Waals surface area (Å²) in [6.07, 6.45) is 4.52. The lowest BCUT2D eigenvalue weighted by Crippen LogP contribution is -2.34. The van der Waals surface area contributed by atoms with E-state index in [4.69, 9.17) is 0 Å². The van der Waals surface area contributed by atoms with Gasteiger partial charge in [-0.25, -0.2) is 0 Å². The zero-order chi connectivity index (χ0) is 19.7. The quantitative estimate of drug-likeness (QED) is 0.783. The predicted octanol–water partition coefficient (Wildman–Crippen LogP) is 2.55. The molecule has 1 aliphatic carbocycles. The van der Waals surface area contributed by atoms with E-state index in [1.165, 1.54) is 17.5 Å². The van der Waals surface area contributed by atoms with Crippen molar-refractivity contribution in [2.45, 2.75) is 52.5 Å². The summed E-state index contributed by atoms with van der Waals surface area (Å²) in [5, 5.41) is 7.43. The van der Waals surface area contributed by atoms with Crippen molar-refractivity contribution in [1.29, 1.82) is 0 Å². The summed E-state index contributed by atoms with van der Waals surface area (Å²) in [5.41, 5.74) is 5.83. The number of carbonyl (C=O) groups excluding carboxylic acids is 2. The van der Waals surface area contributed by atoms with Crippen molar-refractivity contribution in [3.05, 3.63) is 46.8 Å². The number of benzene rings is 1. The Morgan fingerprint density at radius 2 is 2.04 bits per heavy atom.